The van der Waals surface area contributed by atoms with Gasteiger partial charge in [-0.25, -0.2) is 0 Å². The van der Waals surface area contributed by atoms with Gasteiger partial charge in [-0.05, 0) is 24.5 Å². The van der Waals surface area contributed by atoms with E-state index < -0.39 is 0 Å². The molecule has 1 saturated heterocycles. The predicted molar refractivity (Wildman–Crippen MR) is 72.0 cm³/mol. The standard InChI is InChI=1S/C14H21N3O/c1-2-13-11-17(9-6-14(13)16-18)8-5-12-4-3-7-15-10-12/h3-4,7,10,13,18H,2,5-6,8-9,11H2,1H3/b16-14+. The first-order valence-corrected chi connectivity index (χ1v) is 6.65. The lowest BCUT2D eigenvalue weighted by Crippen LogP contribution is -2.41. The van der Waals surface area contributed by atoms with Crippen molar-refractivity contribution in [3.63, 3.8) is 0 Å². The first kappa shape index (κ1) is 13.0. The number of nitrogens with zero attached hydrogens (tertiary/aromatic N) is 3. The molecular weight excluding hydrogens is 226 g/mol. The molecule has 4 nitrogen and oxygen atoms in total. The zero-order valence-corrected chi connectivity index (χ0v) is 10.9. The van der Waals surface area contributed by atoms with Gasteiger partial charge in [-0.2, -0.15) is 0 Å². The van der Waals surface area contributed by atoms with Crippen LogP contribution in [-0.2, 0) is 6.42 Å². The van der Waals surface area contributed by atoms with E-state index in [-0.39, 0.29) is 0 Å². The van der Waals surface area contributed by atoms with Gasteiger partial charge in [0.05, 0.1) is 5.71 Å². The van der Waals surface area contributed by atoms with E-state index in [0.717, 1.165) is 44.6 Å². The third-order valence-corrected chi connectivity index (χ3v) is 3.69. The summed E-state index contributed by atoms with van der Waals surface area (Å²) >= 11 is 0. The summed E-state index contributed by atoms with van der Waals surface area (Å²) in [6, 6.07) is 4.10. The Bertz CT molecular complexity index is 391. The third kappa shape index (κ3) is 3.29. The number of aromatic nitrogens is 1. The number of hydrogen-bond donors (Lipinski definition) is 1. The van der Waals surface area contributed by atoms with Crippen LogP contribution < -0.4 is 0 Å². The summed E-state index contributed by atoms with van der Waals surface area (Å²) in [7, 11) is 0. The molecule has 0 aliphatic carbocycles. The van der Waals surface area contributed by atoms with Crippen molar-refractivity contribution in [2.45, 2.75) is 26.2 Å². The lowest BCUT2D eigenvalue weighted by Gasteiger charge is -2.32. The van der Waals surface area contributed by atoms with E-state index in [9.17, 15) is 0 Å². The maximum atomic E-state index is 8.95. The van der Waals surface area contributed by atoms with Gasteiger partial charge in [-0.1, -0.05) is 18.1 Å². The van der Waals surface area contributed by atoms with Crippen LogP contribution in [0.25, 0.3) is 0 Å². The van der Waals surface area contributed by atoms with E-state index in [1.807, 2.05) is 18.5 Å². The molecule has 0 amide bonds. The Labute approximate surface area is 108 Å². The highest BCUT2D eigenvalue weighted by atomic mass is 16.4. The molecule has 0 saturated carbocycles. The molecule has 0 spiro atoms. The number of oxime groups is 1. The summed E-state index contributed by atoms with van der Waals surface area (Å²) in [5.74, 6) is 0.414. The van der Waals surface area contributed by atoms with Crippen LogP contribution in [0, 0.1) is 5.92 Å². The molecule has 0 radical (unpaired) electrons. The topological polar surface area (TPSA) is 48.7 Å². The summed E-state index contributed by atoms with van der Waals surface area (Å²) in [6.45, 7) is 5.22. The van der Waals surface area contributed by atoms with Gasteiger partial charge in [0.2, 0.25) is 0 Å². The smallest absolute Gasteiger partial charge is 0.0627 e. The molecule has 1 aromatic heterocycles. The van der Waals surface area contributed by atoms with Gasteiger partial charge in [0.25, 0.3) is 0 Å². The maximum Gasteiger partial charge on any atom is 0.0627 e. The Kier molecular flexibility index (Phi) is 4.70. The first-order chi connectivity index (χ1) is 8.83. The van der Waals surface area contributed by atoms with Gasteiger partial charge in [-0.3, -0.25) is 4.98 Å². The highest BCUT2D eigenvalue weighted by Crippen LogP contribution is 2.17. The minimum absolute atomic E-state index is 0.414. The third-order valence-electron chi connectivity index (χ3n) is 3.69. The number of pyridine rings is 1. The van der Waals surface area contributed by atoms with Crippen molar-refractivity contribution in [2.24, 2.45) is 11.1 Å². The van der Waals surface area contributed by atoms with E-state index >= 15 is 0 Å². The monoisotopic (exact) mass is 247 g/mol. The summed E-state index contributed by atoms with van der Waals surface area (Å²) in [5, 5.41) is 12.4. The van der Waals surface area contributed by atoms with Crippen LogP contribution >= 0.6 is 0 Å². The summed E-state index contributed by atoms with van der Waals surface area (Å²) in [6.07, 6.45) is 6.71. The zero-order valence-electron chi connectivity index (χ0n) is 10.9. The van der Waals surface area contributed by atoms with Crippen molar-refractivity contribution in [1.29, 1.82) is 0 Å². The molecule has 1 fully saturated rings. The van der Waals surface area contributed by atoms with Crippen molar-refractivity contribution in [2.75, 3.05) is 19.6 Å². The first-order valence-electron chi connectivity index (χ1n) is 6.65. The van der Waals surface area contributed by atoms with Crippen molar-refractivity contribution in [3.8, 4) is 0 Å². The van der Waals surface area contributed by atoms with E-state index in [1.54, 1.807) is 0 Å². The molecule has 4 heteroatoms. The molecule has 18 heavy (non-hydrogen) atoms. The summed E-state index contributed by atoms with van der Waals surface area (Å²) in [5.41, 5.74) is 2.25. The van der Waals surface area contributed by atoms with Crippen molar-refractivity contribution in [3.05, 3.63) is 30.1 Å². The number of likely N-dealkylation sites (tertiary alicyclic amines) is 1. The average Bonchev–Trinajstić information content (AvgIpc) is 2.45. The molecule has 1 aliphatic rings. The molecule has 1 N–H and O–H groups in total. The molecule has 1 unspecified atom stereocenters. The van der Waals surface area contributed by atoms with Crippen molar-refractivity contribution in [1.82, 2.24) is 9.88 Å². The summed E-state index contributed by atoms with van der Waals surface area (Å²) in [4.78, 5) is 6.59. The molecule has 2 rings (SSSR count). The SMILES string of the molecule is CCC1CN(CCc2cccnc2)CC/C1=N\O. The Morgan fingerprint density at radius 3 is 3.11 bits per heavy atom. The van der Waals surface area contributed by atoms with E-state index in [0.29, 0.717) is 5.92 Å². The minimum Gasteiger partial charge on any atom is -0.411 e. The van der Waals surface area contributed by atoms with Crippen molar-refractivity contribution < 1.29 is 5.21 Å². The Hall–Kier alpha value is -1.42. The second kappa shape index (κ2) is 6.50. The molecule has 1 aliphatic heterocycles. The lowest BCUT2D eigenvalue weighted by atomic mass is 9.93. The fourth-order valence-corrected chi connectivity index (χ4v) is 2.52. The second-order valence-electron chi connectivity index (χ2n) is 4.86. The van der Waals surface area contributed by atoms with Gasteiger partial charge in [0.15, 0.2) is 0 Å². The predicted octanol–water partition coefficient (Wildman–Crippen LogP) is 2.19. The van der Waals surface area contributed by atoms with Crippen LogP contribution in [-0.4, -0.2) is 40.4 Å². The number of rotatable bonds is 4. The minimum atomic E-state index is 0.414. The molecular formula is C14H21N3O. The lowest BCUT2D eigenvalue weighted by molar-refractivity contribution is 0.229. The second-order valence-corrected chi connectivity index (χ2v) is 4.86. The van der Waals surface area contributed by atoms with Gasteiger partial charge in [0, 0.05) is 44.4 Å². The zero-order chi connectivity index (χ0) is 12.8. The fraction of sp³-hybridized carbons (Fsp3) is 0.571. The Morgan fingerprint density at radius 2 is 2.44 bits per heavy atom. The van der Waals surface area contributed by atoms with E-state index in [4.69, 9.17) is 5.21 Å². The van der Waals surface area contributed by atoms with Crippen LogP contribution in [0.2, 0.25) is 0 Å². The highest BCUT2D eigenvalue weighted by Gasteiger charge is 2.24. The Balaban J connectivity index is 1.84. The van der Waals surface area contributed by atoms with Crippen LogP contribution in [0.15, 0.2) is 29.7 Å². The van der Waals surface area contributed by atoms with Crippen LogP contribution in [0.1, 0.15) is 25.3 Å². The van der Waals surface area contributed by atoms with Crippen LogP contribution in [0.4, 0.5) is 0 Å². The molecule has 98 valence electrons. The normalized spacial score (nSPS) is 23.4. The molecule has 1 atom stereocenters. The largest absolute Gasteiger partial charge is 0.411 e. The highest BCUT2D eigenvalue weighted by molar-refractivity contribution is 5.87. The molecule has 2 heterocycles. The van der Waals surface area contributed by atoms with Crippen LogP contribution in [0.3, 0.4) is 0 Å². The maximum absolute atomic E-state index is 8.95. The average molecular weight is 247 g/mol. The summed E-state index contributed by atoms with van der Waals surface area (Å²) < 4.78 is 0. The fourth-order valence-electron chi connectivity index (χ4n) is 2.52. The molecule has 1 aromatic rings. The van der Waals surface area contributed by atoms with Crippen molar-refractivity contribution >= 4 is 5.71 Å². The van der Waals surface area contributed by atoms with Gasteiger partial charge < -0.3 is 10.1 Å². The van der Waals surface area contributed by atoms with E-state index in [1.165, 1.54) is 5.56 Å². The molecule has 0 aromatic carbocycles. The van der Waals surface area contributed by atoms with Gasteiger partial charge in [0.1, 0.15) is 0 Å². The van der Waals surface area contributed by atoms with Gasteiger partial charge in [-0.15, -0.1) is 0 Å². The Morgan fingerprint density at radius 1 is 1.56 bits per heavy atom. The quantitative estimate of drug-likeness (QED) is 0.655. The van der Waals surface area contributed by atoms with Crippen LogP contribution in [0.5, 0.6) is 0 Å². The van der Waals surface area contributed by atoms with Gasteiger partial charge >= 0.3 is 0 Å². The number of piperidine rings is 1. The number of hydrogen-bond acceptors (Lipinski definition) is 4. The van der Waals surface area contributed by atoms with E-state index in [2.05, 4.69) is 28.0 Å². The molecule has 0 bridgehead atoms.